The third-order valence-electron chi connectivity index (χ3n) is 2.07. The van der Waals surface area contributed by atoms with E-state index in [-0.39, 0.29) is 5.82 Å². The molecular formula is C10H13FN2. The van der Waals surface area contributed by atoms with Crippen molar-refractivity contribution in [2.45, 2.75) is 13.0 Å². The Kier molecular flexibility index (Phi) is 2.68. The molecule has 0 unspecified atom stereocenters. The first-order valence-electron chi connectivity index (χ1n) is 4.00. The second-order valence-corrected chi connectivity index (χ2v) is 2.94. The van der Waals surface area contributed by atoms with Gasteiger partial charge in [0.05, 0.1) is 6.04 Å². The molecule has 1 aromatic rings. The monoisotopic (exact) mass is 180 g/mol. The first-order valence-corrected chi connectivity index (χ1v) is 4.00. The zero-order valence-electron chi connectivity index (χ0n) is 7.55. The van der Waals surface area contributed by atoms with Gasteiger partial charge in [-0.15, -0.1) is 6.58 Å². The topological polar surface area (TPSA) is 52.0 Å². The summed E-state index contributed by atoms with van der Waals surface area (Å²) in [6.07, 6.45) is 1.49. The fourth-order valence-electron chi connectivity index (χ4n) is 1.11. The fourth-order valence-corrected chi connectivity index (χ4v) is 1.11. The van der Waals surface area contributed by atoms with Gasteiger partial charge < -0.3 is 11.5 Å². The highest BCUT2D eigenvalue weighted by Crippen LogP contribution is 2.22. The smallest absolute Gasteiger partial charge is 0.133 e. The van der Waals surface area contributed by atoms with Crippen LogP contribution in [0.4, 0.5) is 10.1 Å². The third-order valence-corrected chi connectivity index (χ3v) is 2.07. The summed E-state index contributed by atoms with van der Waals surface area (Å²) in [5.74, 6) is -0.340. The lowest BCUT2D eigenvalue weighted by atomic mass is 10.0. The van der Waals surface area contributed by atoms with Gasteiger partial charge in [0, 0.05) is 16.8 Å². The summed E-state index contributed by atoms with van der Waals surface area (Å²) < 4.78 is 13.5. The second-order valence-electron chi connectivity index (χ2n) is 2.94. The lowest BCUT2D eigenvalue weighted by molar-refractivity contribution is 0.594. The molecule has 0 aromatic heterocycles. The van der Waals surface area contributed by atoms with E-state index in [0.29, 0.717) is 16.8 Å². The Hall–Kier alpha value is -1.35. The van der Waals surface area contributed by atoms with Crippen LogP contribution in [0, 0.1) is 12.7 Å². The molecule has 0 aliphatic heterocycles. The number of hydrogen-bond donors (Lipinski definition) is 2. The normalized spacial score (nSPS) is 12.5. The van der Waals surface area contributed by atoms with Crippen molar-refractivity contribution < 1.29 is 4.39 Å². The number of benzene rings is 1. The molecule has 0 aliphatic carbocycles. The molecule has 70 valence electrons. The van der Waals surface area contributed by atoms with Crippen LogP contribution in [0.3, 0.4) is 0 Å². The zero-order chi connectivity index (χ0) is 10.0. The van der Waals surface area contributed by atoms with Gasteiger partial charge in [-0.05, 0) is 13.0 Å². The quantitative estimate of drug-likeness (QED) is 0.539. The maximum absolute atomic E-state index is 13.5. The molecule has 0 saturated carbocycles. The summed E-state index contributed by atoms with van der Waals surface area (Å²) in [4.78, 5) is 0. The maximum Gasteiger partial charge on any atom is 0.133 e. The molecule has 0 bridgehead atoms. The van der Waals surface area contributed by atoms with E-state index in [1.54, 1.807) is 19.1 Å². The Morgan fingerprint density at radius 1 is 1.54 bits per heavy atom. The van der Waals surface area contributed by atoms with E-state index in [0.717, 1.165) is 0 Å². The summed E-state index contributed by atoms with van der Waals surface area (Å²) in [5.41, 5.74) is 12.5. The molecule has 0 radical (unpaired) electrons. The molecule has 1 rings (SSSR count). The van der Waals surface area contributed by atoms with Gasteiger partial charge in [-0.2, -0.15) is 0 Å². The van der Waals surface area contributed by atoms with Crippen molar-refractivity contribution in [3.63, 3.8) is 0 Å². The van der Waals surface area contributed by atoms with E-state index in [1.807, 2.05) is 0 Å². The molecule has 0 saturated heterocycles. The molecule has 1 atom stereocenters. The predicted octanol–water partition coefficient (Wildman–Crippen LogP) is 1.90. The zero-order valence-corrected chi connectivity index (χ0v) is 7.55. The average molecular weight is 180 g/mol. The van der Waals surface area contributed by atoms with E-state index in [9.17, 15) is 4.39 Å². The van der Waals surface area contributed by atoms with Gasteiger partial charge in [0.25, 0.3) is 0 Å². The summed E-state index contributed by atoms with van der Waals surface area (Å²) in [5, 5.41) is 0. The molecule has 0 amide bonds. The van der Waals surface area contributed by atoms with E-state index < -0.39 is 6.04 Å². The molecule has 2 nitrogen and oxygen atoms in total. The van der Waals surface area contributed by atoms with Gasteiger partial charge in [0.1, 0.15) is 5.82 Å². The number of nitrogens with two attached hydrogens (primary N) is 2. The Bertz CT molecular complexity index is 334. The molecular weight excluding hydrogens is 167 g/mol. The van der Waals surface area contributed by atoms with Crippen molar-refractivity contribution in [1.29, 1.82) is 0 Å². The number of anilines is 1. The van der Waals surface area contributed by atoms with Gasteiger partial charge in [-0.25, -0.2) is 4.39 Å². The standard InChI is InChI=1S/C10H13FN2/c1-3-8(12)7-4-5-9(13)6(2)10(7)11/h3-5,8H,1,12-13H2,2H3/t8-/m0/s1. The molecule has 0 aliphatic rings. The van der Waals surface area contributed by atoms with Crippen LogP contribution in [0.25, 0.3) is 0 Å². The molecule has 3 heteroatoms. The van der Waals surface area contributed by atoms with Crippen LogP contribution in [0.5, 0.6) is 0 Å². The van der Waals surface area contributed by atoms with E-state index in [1.165, 1.54) is 6.08 Å². The number of nitrogen functional groups attached to an aromatic ring is 1. The molecule has 4 N–H and O–H groups in total. The Labute approximate surface area is 77.0 Å². The van der Waals surface area contributed by atoms with Crippen LogP contribution in [0.1, 0.15) is 17.2 Å². The van der Waals surface area contributed by atoms with Crippen molar-refractivity contribution in [3.8, 4) is 0 Å². The van der Waals surface area contributed by atoms with Crippen molar-refractivity contribution >= 4 is 5.69 Å². The average Bonchev–Trinajstić information content (AvgIpc) is 2.13. The summed E-state index contributed by atoms with van der Waals surface area (Å²) in [6.45, 7) is 5.14. The molecule has 13 heavy (non-hydrogen) atoms. The second kappa shape index (κ2) is 3.58. The van der Waals surface area contributed by atoms with Gasteiger partial charge in [0.2, 0.25) is 0 Å². The van der Waals surface area contributed by atoms with Crippen LogP contribution in [-0.2, 0) is 0 Å². The lowest BCUT2D eigenvalue weighted by Gasteiger charge is -2.11. The first kappa shape index (κ1) is 9.74. The predicted molar refractivity (Wildman–Crippen MR) is 52.7 cm³/mol. The van der Waals surface area contributed by atoms with Crippen molar-refractivity contribution in [3.05, 3.63) is 41.7 Å². The maximum atomic E-state index is 13.5. The number of rotatable bonds is 2. The highest BCUT2D eigenvalue weighted by Gasteiger charge is 2.11. The summed E-state index contributed by atoms with van der Waals surface area (Å²) in [6, 6.07) is 2.76. The van der Waals surface area contributed by atoms with E-state index in [2.05, 4.69) is 6.58 Å². The van der Waals surface area contributed by atoms with Crippen LogP contribution < -0.4 is 11.5 Å². The van der Waals surface area contributed by atoms with Gasteiger partial charge in [0.15, 0.2) is 0 Å². The summed E-state index contributed by atoms with van der Waals surface area (Å²) >= 11 is 0. The minimum Gasteiger partial charge on any atom is -0.398 e. The molecule has 0 spiro atoms. The summed E-state index contributed by atoms with van der Waals surface area (Å²) in [7, 11) is 0. The minimum atomic E-state index is -0.473. The SMILES string of the molecule is C=C[C@H](N)c1ccc(N)c(C)c1F. The third kappa shape index (κ3) is 1.70. The molecule has 1 aromatic carbocycles. The van der Waals surface area contributed by atoms with Crippen LogP contribution in [-0.4, -0.2) is 0 Å². The van der Waals surface area contributed by atoms with Crippen LogP contribution in [0.15, 0.2) is 24.8 Å². The van der Waals surface area contributed by atoms with Crippen LogP contribution >= 0.6 is 0 Å². The lowest BCUT2D eigenvalue weighted by Crippen LogP contribution is -2.10. The van der Waals surface area contributed by atoms with Crippen molar-refractivity contribution in [2.75, 3.05) is 5.73 Å². The van der Waals surface area contributed by atoms with Gasteiger partial charge in [-0.3, -0.25) is 0 Å². The van der Waals surface area contributed by atoms with Gasteiger partial charge in [-0.1, -0.05) is 12.1 Å². The largest absolute Gasteiger partial charge is 0.398 e. The van der Waals surface area contributed by atoms with E-state index in [4.69, 9.17) is 11.5 Å². The van der Waals surface area contributed by atoms with Crippen molar-refractivity contribution in [2.24, 2.45) is 5.73 Å². The molecule has 0 heterocycles. The number of hydrogen-bond acceptors (Lipinski definition) is 2. The number of halogens is 1. The Morgan fingerprint density at radius 3 is 2.69 bits per heavy atom. The van der Waals surface area contributed by atoms with E-state index >= 15 is 0 Å². The Balaban J connectivity index is 3.25. The van der Waals surface area contributed by atoms with Crippen LogP contribution in [0.2, 0.25) is 0 Å². The minimum absolute atomic E-state index is 0.340. The molecule has 0 fully saturated rings. The van der Waals surface area contributed by atoms with Crippen molar-refractivity contribution in [1.82, 2.24) is 0 Å². The first-order chi connectivity index (χ1) is 6.07. The fraction of sp³-hybridized carbons (Fsp3) is 0.200. The highest BCUT2D eigenvalue weighted by molar-refractivity contribution is 5.49. The van der Waals surface area contributed by atoms with Gasteiger partial charge >= 0.3 is 0 Å². The Morgan fingerprint density at radius 2 is 2.15 bits per heavy atom. The highest BCUT2D eigenvalue weighted by atomic mass is 19.1.